The fourth-order valence-electron chi connectivity index (χ4n) is 1.36. The number of imide groups is 1. The van der Waals surface area contributed by atoms with E-state index in [9.17, 15) is 22.8 Å². The van der Waals surface area contributed by atoms with Gasteiger partial charge in [0.25, 0.3) is 0 Å². The van der Waals surface area contributed by atoms with Gasteiger partial charge in [-0.25, -0.2) is 9.78 Å². The fourth-order valence-corrected chi connectivity index (χ4v) is 2.00. The summed E-state index contributed by atoms with van der Waals surface area (Å²) in [4.78, 5) is 26.4. The summed E-state index contributed by atoms with van der Waals surface area (Å²) in [5.41, 5.74) is -0.850. The number of urea groups is 1. The summed E-state index contributed by atoms with van der Waals surface area (Å²) < 4.78 is 37.0. The molecule has 1 rings (SSSR count). The SMILES string of the molecule is CCCCNC(=O)NC(=O)CSc1ccc(C(F)(F)F)cn1. The second-order valence-electron chi connectivity index (χ2n) is 4.33. The lowest BCUT2D eigenvalue weighted by molar-refractivity contribution is -0.137. The van der Waals surface area contributed by atoms with Gasteiger partial charge >= 0.3 is 12.2 Å². The molecule has 0 unspecified atom stereocenters. The van der Waals surface area contributed by atoms with Gasteiger partial charge in [-0.05, 0) is 18.6 Å². The fraction of sp³-hybridized carbons (Fsp3) is 0.462. The van der Waals surface area contributed by atoms with Crippen molar-refractivity contribution in [1.29, 1.82) is 0 Å². The van der Waals surface area contributed by atoms with Crippen molar-refractivity contribution in [1.82, 2.24) is 15.6 Å². The number of unbranched alkanes of at least 4 members (excludes halogenated alkanes) is 1. The van der Waals surface area contributed by atoms with Crippen LogP contribution in [0.25, 0.3) is 0 Å². The molecule has 5 nitrogen and oxygen atoms in total. The minimum atomic E-state index is -4.44. The van der Waals surface area contributed by atoms with Gasteiger partial charge < -0.3 is 5.32 Å². The quantitative estimate of drug-likeness (QED) is 0.619. The number of carbonyl (C=O) groups excluding carboxylic acids is 2. The van der Waals surface area contributed by atoms with Gasteiger partial charge in [0.05, 0.1) is 16.3 Å². The highest BCUT2D eigenvalue weighted by molar-refractivity contribution is 7.99. The Kier molecular flexibility index (Phi) is 7.16. The van der Waals surface area contributed by atoms with E-state index >= 15 is 0 Å². The maximum absolute atomic E-state index is 12.3. The summed E-state index contributed by atoms with van der Waals surface area (Å²) >= 11 is 0.948. The molecule has 0 atom stereocenters. The van der Waals surface area contributed by atoms with E-state index in [0.717, 1.165) is 30.7 Å². The first kappa shape index (κ1) is 18.3. The van der Waals surface area contributed by atoms with Crippen LogP contribution >= 0.6 is 11.8 Å². The van der Waals surface area contributed by atoms with Gasteiger partial charge in [-0.15, -0.1) is 0 Å². The molecule has 0 fully saturated rings. The van der Waals surface area contributed by atoms with E-state index in [4.69, 9.17) is 0 Å². The van der Waals surface area contributed by atoms with Crippen molar-refractivity contribution >= 4 is 23.7 Å². The van der Waals surface area contributed by atoms with Crippen LogP contribution in [0.4, 0.5) is 18.0 Å². The first-order valence-corrected chi connectivity index (χ1v) is 7.55. The molecular formula is C13H16F3N3O2S. The van der Waals surface area contributed by atoms with Gasteiger partial charge in [0.15, 0.2) is 0 Å². The summed E-state index contributed by atoms with van der Waals surface area (Å²) in [5.74, 6) is -0.653. The minimum Gasteiger partial charge on any atom is -0.338 e. The van der Waals surface area contributed by atoms with E-state index in [1.54, 1.807) is 0 Å². The van der Waals surface area contributed by atoms with Gasteiger partial charge in [-0.3, -0.25) is 10.1 Å². The lowest BCUT2D eigenvalue weighted by Crippen LogP contribution is -2.40. The molecule has 122 valence electrons. The van der Waals surface area contributed by atoms with Crippen molar-refractivity contribution in [3.05, 3.63) is 23.9 Å². The molecule has 1 aromatic rings. The Morgan fingerprint density at radius 2 is 2.05 bits per heavy atom. The van der Waals surface area contributed by atoms with Crippen LogP contribution < -0.4 is 10.6 Å². The van der Waals surface area contributed by atoms with Crippen molar-refractivity contribution in [3.63, 3.8) is 0 Å². The van der Waals surface area contributed by atoms with Crippen molar-refractivity contribution < 1.29 is 22.8 Å². The second kappa shape index (κ2) is 8.62. The monoisotopic (exact) mass is 335 g/mol. The lowest BCUT2D eigenvalue weighted by Gasteiger charge is -2.07. The third kappa shape index (κ3) is 6.79. The van der Waals surface area contributed by atoms with E-state index < -0.39 is 23.7 Å². The molecule has 0 aromatic carbocycles. The smallest absolute Gasteiger partial charge is 0.338 e. The third-order valence-corrected chi connectivity index (χ3v) is 3.43. The van der Waals surface area contributed by atoms with E-state index in [1.165, 1.54) is 6.07 Å². The molecule has 0 aliphatic carbocycles. The Labute approximate surface area is 130 Å². The van der Waals surface area contributed by atoms with Crippen LogP contribution in [0.15, 0.2) is 23.4 Å². The van der Waals surface area contributed by atoms with E-state index in [1.807, 2.05) is 6.92 Å². The van der Waals surface area contributed by atoms with Crippen molar-refractivity contribution in [3.8, 4) is 0 Å². The number of nitrogens with one attached hydrogen (secondary N) is 2. The first-order chi connectivity index (χ1) is 10.3. The Morgan fingerprint density at radius 1 is 1.32 bits per heavy atom. The van der Waals surface area contributed by atoms with Gasteiger partial charge in [-0.1, -0.05) is 25.1 Å². The molecule has 0 spiro atoms. The molecule has 0 radical (unpaired) electrons. The molecule has 2 N–H and O–H groups in total. The molecule has 0 aliphatic heterocycles. The highest BCUT2D eigenvalue weighted by Gasteiger charge is 2.30. The Morgan fingerprint density at radius 3 is 2.59 bits per heavy atom. The maximum atomic E-state index is 12.3. The van der Waals surface area contributed by atoms with Gasteiger partial charge in [0.1, 0.15) is 0 Å². The van der Waals surface area contributed by atoms with Crippen LogP contribution in [0.3, 0.4) is 0 Å². The normalized spacial score (nSPS) is 11.1. The van der Waals surface area contributed by atoms with E-state index in [0.29, 0.717) is 12.7 Å². The highest BCUT2D eigenvalue weighted by Crippen LogP contribution is 2.29. The number of carbonyl (C=O) groups is 2. The van der Waals surface area contributed by atoms with Crippen LogP contribution in [0.1, 0.15) is 25.3 Å². The number of nitrogens with zero attached hydrogens (tertiary/aromatic N) is 1. The summed E-state index contributed by atoms with van der Waals surface area (Å²) in [7, 11) is 0. The average Bonchev–Trinajstić information content (AvgIpc) is 2.45. The Balaban J connectivity index is 2.36. The van der Waals surface area contributed by atoms with Crippen LogP contribution in [0.5, 0.6) is 0 Å². The lowest BCUT2D eigenvalue weighted by atomic mass is 10.3. The molecule has 0 saturated carbocycles. The predicted molar refractivity (Wildman–Crippen MR) is 76.4 cm³/mol. The van der Waals surface area contributed by atoms with Crippen LogP contribution in [0.2, 0.25) is 0 Å². The molecule has 1 aromatic heterocycles. The van der Waals surface area contributed by atoms with Crippen molar-refractivity contribution in [2.24, 2.45) is 0 Å². The number of hydrogen-bond donors (Lipinski definition) is 2. The Bertz CT molecular complexity index is 506. The van der Waals surface area contributed by atoms with Crippen molar-refractivity contribution in [2.75, 3.05) is 12.3 Å². The Hall–Kier alpha value is -1.77. The van der Waals surface area contributed by atoms with Gasteiger partial charge in [-0.2, -0.15) is 13.2 Å². The molecular weight excluding hydrogens is 319 g/mol. The molecule has 3 amide bonds. The third-order valence-electron chi connectivity index (χ3n) is 2.48. The molecule has 1 heterocycles. The molecule has 9 heteroatoms. The molecule has 22 heavy (non-hydrogen) atoms. The van der Waals surface area contributed by atoms with E-state index in [-0.39, 0.29) is 10.8 Å². The van der Waals surface area contributed by atoms with Crippen molar-refractivity contribution in [2.45, 2.75) is 31.0 Å². The number of hydrogen-bond acceptors (Lipinski definition) is 4. The van der Waals surface area contributed by atoms with Crippen LogP contribution in [-0.4, -0.2) is 29.2 Å². The van der Waals surface area contributed by atoms with Crippen LogP contribution in [-0.2, 0) is 11.0 Å². The number of pyridine rings is 1. The number of aromatic nitrogens is 1. The van der Waals surface area contributed by atoms with Crippen LogP contribution in [0, 0.1) is 0 Å². The van der Waals surface area contributed by atoms with Gasteiger partial charge in [0.2, 0.25) is 5.91 Å². The highest BCUT2D eigenvalue weighted by atomic mass is 32.2. The molecule has 0 saturated heterocycles. The predicted octanol–water partition coefficient (Wildman–Crippen LogP) is 2.82. The number of alkyl halides is 3. The zero-order valence-corrected chi connectivity index (χ0v) is 12.7. The zero-order chi connectivity index (χ0) is 16.6. The first-order valence-electron chi connectivity index (χ1n) is 6.56. The topological polar surface area (TPSA) is 71.1 Å². The summed E-state index contributed by atoms with van der Waals surface area (Å²) in [6.07, 6.45) is -2.00. The van der Waals surface area contributed by atoms with E-state index in [2.05, 4.69) is 15.6 Å². The summed E-state index contributed by atoms with van der Waals surface area (Å²) in [6.45, 7) is 2.45. The maximum Gasteiger partial charge on any atom is 0.417 e. The molecule has 0 aliphatic rings. The average molecular weight is 335 g/mol. The number of rotatable bonds is 6. The second-order valence-corrected chi connectivity index (χ2v) is 5.32. The minimum absolute atomic E-state index is 0.112. The number of thioether (sulfide) groups is 1. The number of amides is 3. The van der Waals surface area contributed by atoms with Gasteiger partial charge in [0, 0.05) is 12.7 Å². The largest absolute Gasteiger partial charge is 0.417 e. The zero-order valence-electron chi connectivity index (χ0n) is 11.9. The summed E-state index contributed by atoms with van der Waals surface area (Å²) in [6, 6.07) is 1.49. The molecule has 0 bridgehead atoms. The number of halogens is 3. The summed E-state index contributed by atoms with van der Waals surface area (Å²) in [5, 5.41) is 4.92. The standard InChI is InChI=1S/C13H16F3N3O2S/c1-2-3-6-17-12(21)19-10(20)8-22-11-5-4-9(7-18-11)13(14,15)16/h4-5,7H,2-3,6,8H2,1H3,(H2,17,19,20,21).